The number of hydrogen-bond acceptors (Lipinski definition) is 5. The van der Waals surface area contributed by atoms with Crippen LogP contribution in [0.5, 0.6) is 0 Å². The molecule has 6 nitrogen and oxygen atoms in total. The molecule has 3 aromatic carbocycles. The molecule has 0 bridgehead atoms. The second kappa shape index (κ2) is 9.71. The Morgan fingerprint density at radius 2 is 1.62 bits per heavy atom. The maximum atomic E-state index is 14.1. The highest BCUT2D eigenvalue weighted by atomic mass is 19.4. The number of benzene rings is 3. The zero-order valence-corrected chi connectivity index (χ0v) is 20.6. The molecule has 0 saturated carbocycles. The van der Waals surface area contributed by atoms with Crippen LogP contribution in [0.15, 0.2) is 85.3 Å². The van der Waals surface area contributed by atoms with E-state index in [0.717, 1.165) is 0 Å². The van der Waals surface area contributed by atoms with Crippen molar-refractivity contribution in [2.75, 3.05) is 0 Å². The van der Waals surface area contributed by atoms with E-state index in [0.29, 0.717) is 27.9 Å². The van der Waals surface area contributed by atoms with Gasteiger partial charge in [0, 0.05) is 24.4 Å². The highest BCUT2D eigenvalue weighted by Crippen LogP contribution is 2.40. The van der Waals surface area contributed by atoms with Gasteiger partial charge in [-0.1, -0.05) is 48.5 Å². The number of aryl methyl sites for hydroxylation is 1. The van der Waals surface area contributed by atoms with Gasteiger partial charge < -0.3 is 9.67 Å². The third-order valence-electron chi connectivity index (χ3n) is 6.73. The number of hydrogen-bond donors (Lipinski definition) is 1. The number of pyridine rings is 1. The Balaban J connectivity index is 1.79. The molecule has 1 unspecified atom stereocenters. The molecule has 0 radical (unpaired) electrons. The minimum Gasteiger partial charge on any atom is -0.374 e. The fourth-order valence-electron chi connectivity index (χ4n) is 4.82. The van der Waals surface area contributed by atoms with E-state index < -0.39 is 17.5 Å². The van der Waals surface area contributed by atoms with Crippen molar-refractivity contribution in [1.82, 2.24) is 14.5 Å². The molecule has 5 aromatic rings. The van der Waals surface area contributed by atoms with Gasteiger partial charge >= 0.3 is 6.18 Å². The molecule has 1 N–H and O–H groups in total. The largest absolute Gasteiger partial charge is 0.433 e. The van der Waals surface area contributed by atoms with Crippen LogP contribution in [-0.2, 0) is 25.2 Å². The molecular formula is C30H20F3N5O. The first kappa shape index (κ1) is 25.7. The molecule has 0 aliphatic carbocycles. The number of aromatic nitrogens is 3. The van der Waals surface area contributed by atoms with Crippen LogP contribution in [-0.4, -0.2) is 19.6 Å². The van der Waals surface area contributed by atoms with Gasteiger partial charge in [0.25, 0.3) is 0 Å². The van der Waals surface area contributed by atoms with Gasteiger partial charge in [-0.15, -0.1) is 0 Å². The van der Waals surface area contributed by atoms with Gasteiger partial charge in [0.05, 0.1) is 40.9 Å². The van der Waals surface area contributed by atoms with Crippen LogP contribution in [0, 0.1) is 22.7 Å². The van der Waals surface area contributed by atoms with Gasteiger partial charge in [0.1, 0.15) is 11.8 Å². The van der Waals surface area contributed by atoms with Crippen molar-refractivity contribution in [2.24, 2.45) is 7.05 Å². The summed E-state index contributed by atoms with van der Waals surface area (Å²) in [4.78, 5) is 8.07. The average Bonchev–Trinajstić information content (AvgIpc) is 3.38. The maximum Gasteiger partial charge on any atom is 0.433 e. The molecule has 0 amide bonds. The van der Waals surface area contributed by atoms with Crippen molar-refractivity contribution in [1.29, 1.82) is 10.5 Å². The standard InChI is InChI=1S/C30H20F3N5O/c1-38-18-36-17-27(38)29(39,21-9-7-20(15-34)8-10-21)22-11-12-26-23(14-22)25(16-35)24(28(37-26)30(31,32)33)13-19-5-3-2-4-6-19/h2-12,14,17-18,39H,13H2,1H3. The van der Waals surface area contributed by atoms with E-state index in [4.69, 9.17) is 0 Å². The zero-order chi connectivity index (χ0) is 27.8. The normalized spacial score (nSPS) is 13.0. The number of imidazole rings is 1. The van der Waals surface area contributed by atoms with Gasteiger partial charge in [0.15, 0.2) is 5.60 Å². The predicted molar refractivity (Wildman–Crippen MR) is 137 cm³/mol. The van der Waals surface area contributed by atoms with E-state index >= 15 is 0 Å². The number of aliphatic hydroxyl groups is 1. The Kier molecular flexibility index (Phi) is 6.39. The highest BCUT2D eigenvalue weighted by molar-refractivity contribution is 5.87. The van der Waals surface area contributed by atoms with E-state index in [1.165, 1.54) is 30.7 Å². The van der Waals surface area contributed by atoms with Crippen molar-refractivity contribution < 1.29 is 18.3 Å². The molecule has 0 saturated heterocycles. The van der Waals surface area contributed by atoms with E-state index in [1.807, 2.05) is 12.1 Å². The first-order chi connectivity index (χ1) is 18.7. The maximum absolute atomic E-state index is 14.1. The summed E-state index contributed by atoms with van der Waals surface area (Å²) >= 11 is 0. The van der Waals surface area contributed by atoms with Crippen molar-refractivity contribution in [2.45, 2.75) is 18.2 Å². The fourth-order valence-corrected chi connectivity index (χ4v) is 4.82. The lowest BCUT2D eigenvalue weighted by Gasteiger charge is -2.30. The molecule has 9 heteroatoms. The highest BCUT2D eigenvalue weighted by Gasteiger charge is 2.39. The molecule has 5 rings (SSSR count). The Morgan fingerprint density at radius 3 is 2.21 bits per heavy atom. The first-order valence-corrected chi connectivity index (χ1v) is 11.8. The Bertz CT molecular complexity index is 1760. The average molecular weight is 524 g/mol. The Hall–Kier alpha value is -4.99. The van der Waals surface area contributed by atoms with Crippen LogP contribution >= 0.6 is 0 Å². The molecule has 0 aliphatic heterocycles. The number of fused-ring (bicyclic) bond motifs is 1. The minimum absolute atomic E-state index is 0.0216. The summed E-state index contributed by atoms with van der Waals surface area (Å²) in [6.45, 7) is 0. The quantitative estimate of drug-likeness (QED) is 0.323. The Morgan fingerprint density at radius 1 is 0.923 bits per heavy atom. The SMILES string of the molecule is Cn1cncc1C(O)(c1ccc(C#N)cc1)c1ccc2nc(C(F)(F)F)c(Cc3ccccc3)c(C#N)c2c1. The van der Waals surface area contributed by atoms with Crippen molar-refractivity contribution >= 4 is 10.9 Å². The van der Waals surface area contributed by atoms with Gasteiger partial charge in [-0.2, -0.15) is 23.7 Å². The summed E-state index contributed by atoms with van der Waals surface area (Å²) in [6.07, 6.45) is -1.92. The van der Waals surface area contributed by atoms with Crippen LogP contribution in [0.4, 0.5) is 13.2 Å². The monoisotopic (exact) mass is 523 g/mol. The zero-order valence-electron chi connectivity index (χ0n) is 20.6. The van der Waals surface area contributed by atoms with E-state index in [1.54, 1.807) is 66.2 Å². The van der Waals surface area contributed by atoms with E-state index in [9.17, 15) is 28.8 Å². The van der Waals surface area contributed by atoms with Crippen molar-refractivity contribution in [3.05, 3.63) is 130 Å². The second-order valence-corrected chi connectivity index (χ2v) is 9.11. The summed E-state index contributed by atoms with van der Waals surface area (Å²) in [5.74, 6) is 0. The number of halogens is 3. The van der Waals surface area contributed by atoms with Crippen LogP contribution in [0.3, 0.4) is 0 Å². The number of alkyl halides is 3. The topological polar surface area (TPSA) is 98.5 Å². The summed E-state index contributed by atoms with van der Waals surface area (Å²) in [5.41, 5.74) is -1.25. The molecule has 1 atom stereocenters. The molecule has 0 fully saturated rings. The van der Waals surface area contributed by atoms with E-state index in [-0.39, 0.29) is 28.5 Å². The number of nitriles is 2. The van der Waals surface area contributed by atoms with Gasteiger partial charge in [-0.3, -0.25) is 0 Å². The molecule has 0 aliphatic rings. The van der Waals surface area contributed by atoms with Crippen LogP contribution < -0.4 is 0 Å². The molecule has 0 spiro atoms. The van der Waals surface area contributed by atoms with Gasteiger partial charge in [-0.05, 0) is 41.0 Å². The van der Waals surface area contributed by atoms with Crippen molar-refractivity contribution in [3.8, 4) is 12.1 Å². The Labute approximate surface area is 221 Å². The second-order valence-electron chi connectivity index (χ2n) is 9.11. The molecule has 192 valence electrons. The van der Waals surface area contributed by atoms with Crippen LogP contribution in [0.25, 0.3) is 10.9 Å². The van der Waals surface area contributed by atoms with Crippen LogP contribution in [0.2, 0.25) is 0 Å². The number of rotatable bonds is 5. The smallest absolute Gasteiger partial charge is 0.374 e. The summed E-state index contributed by atoms with van der Waals surface area (Å²) in [6, 6.07) is 23.3. The van der Waals surface area contributed by atoms with E-state index in [2.05, 4.69) is 9.97 Å². The summed E-state index contributed by atoms with van der Waals surface area (Å²) < 4.78 is 44.0. The molecule has 2 heterocycles. The molecule has 2 aromatic heterocycles. The first-order valence-electron chi connectivity index (χ1n) is 11.8. The molecule has 39 heavy (non-hydrogen) atoms. The summed E-state index contributed by atoms with van der Waals surface area (Å²) in [5, 5.41) is 31.8. The van der Waals surface area contributed by atoms with Gasteiger partial charge in [-0.25, -0.2) is 9.97 Å². The van der Waals surface area contributed by atoms with Gasteiger partial charge in [0.2, 0.25) is 0 Å². The third kappa shape index (κ3) is 4.50. The van der Waals surface area contributed by atoms with Crippen molar-refractivity contribution in [3.63, 3.8) is 0 Å². The predicted octanol–water partition coefficient (Wildman–Crippen LogP) is 5.61. The molecular weight excluding hydrogens is 503 g/mol. The lowest BCUT2D eigenvalue weighted by Crippen LogP contribution is -2.31. The summed E-state index contributed by atoms with van der Waals surface area (Å²) in [7, 11) is 1.70. The third-order valence-corrected chi connectivity index (χ3v) is 6.73. The number of nitrogens with zero attached hydrogens (tertiary/aromatic N) is 5. The lowest BCUT2D eigenvalue weighted by molar-refractivity contribution is -0.141. The fraction of sp³-hybridized carbons (Fsp3) is 0.133. The van der Waals surface area contributed by atoms with Crippen LogP contribution in [0.1, 0.15) is 44.8 Å². The minimum atomic E-state index is -4.78. The lowest BCUT2D eigenvalue weighted by atomic mass is 9.82.